The van der Waals surface area contributed by atoms with Crippen LogP contribution in [0.25, 0.3) is 0 Å². The van der Waals surface area contributed by atoms with E-state index in [1.165, 1.54) is 37.8 Å². The highest BCUT2D eigenvalue weighted by molar-refractivity contribution is 7.99. The number of aryl methyl sites for hydroxylation is 2. The number of amides is 1. The van der Waals surface area contributed by atoms with E-state index >= 15 is 0 Å². The zero-order chi connectivity index (χ0) is 23.3. The molecule has 0 bridgehead atoms. The Bertz CT molecular complexity index is 1010. The Morgan fingerprint density at radius 1 is 1.12 bits per heavy atom. The minimum absolute atomic E-state index is 0.124. The fraction of sp³-hybridized carbons (Fsp3) is 0.538. The summed E-state index contributed by atoms with van der Waals surface area (Å²) in [5, 5.41) is 3.00. The number of benzene rings is 1. The molecule has 1 heterocycles. The normalized spacial score (nSPS) is 14.4. The fourth-order valence-corrected chi connectivity index (χ4v) is 5.57. The van der Waals surface area contributed by atoms with Crippen molar-refractivity contribution in [3.8, 4) is 0 Å². The van der Waals surface area contributed by atoms with Crippen molar-refractivity contribution in [3.63, 3.8) is 0 Å². The Kier molecular flexibility index (Phi) is 8.46. The van der Waals surface area contributed by atoms with Crippen molar-refractivity contribution in [2.45, 2.75) is 84.2 Å². The monoisotopic (exact) mass is 455 g/mol. The number of rotatable bonds is 8. The molecule has 2 aromatic rings. The number of pyridine rings is 1. The van der Waals surface area contributed by atoms with Gasteiger partial charge in [0.15, 0.2) is 0 Å². The molecule has 174 valence electrons. The van der Waals surface area contributed by atoms with Crippen LogP contribution in [0.4, 0.5) is 5.69 Å². The van der Waals surface area contributed by atoms with Crippen LogP contribution in [0, 0.1) is 20.8 Å². The molecule has 1 aliphatic rings. The Balaban J connectivity index is 1.91. The first kappa shape index (κ1) is 24.4. The smallest absolute Gasteiger partial charge is 0.253 e. The van der Waals surface area contributed by atoms with Gasteiger partial charge >= 0.3 is 0 Å². The summed E-state index contributed by atoms with van der Waals surface area (Å²) in [6.07, 6.45) is 6.32. The second-order valence-electron chi connectivity index (χ2n) is 8.75. The molecule has 2 N–H and O–H groups in total. The topological polar surface area (TPSA) is 65.2 Å². The van der Waals surface area contributed by atoms with Gasteiger partial charge in [-0.05, 0) is 75.6 Å². The van der Waals surface area contributed by atoms with E-state index in [4.69, 9.17) is 0 Å². The standard InChI is InChI=1S/C26H37N3O2S/c1-6-29(20-11-9-8-10-12-20)24-15-21(32-7-2)14-22(19(24)5)25(30)27-16-23-17(3)13-18(4)28-26(23)31/h13-15,20H,6-12,16H2,1-5H3,(H,27,30)(H,28,31). The molecule has 1 amide bonds. The maximum atomic E-state index is 13.3. The minimum Gasteiger partial charge on any atom is -0.369 e. The van der Waals surface area contributed by atoms with E-state index in [0.717, 1.165) is 34.0 Å². The predicted octanol–water partition coefficient (Wildman–Crippen LogP) is 5.50. The van der Waals surface area contributed by atoms with Gasteiger partial charge in [0.1, 0.15) is 0 Å². The summed E-state index contributed by atoms with van der Waals surface area (Å²) in [6.45, 7) is 11.3. The van der Waals surface area contributed by atoms with Gasteiger partial charge in [0, 0.05) is 46.5 Å². The van der Waals surface area contributed by atoms with Crippen molar-refractivity contribution in [2.24, 2.45) is 0 Å². The Labute approximate surface area is 196 Å². The van der Waals surface area contributed by atoms with Crippen molar-refractivity contribution >= 4 is 23.4 Å². The van der Waals surface area contributed by atoms with Gasteiger partial charge in [0.05, 0.1) is 0 Å². The van der Waals surface area contributed by atoms with Crippen LogP contribution < -0.4 is 15.8 Å². The van der Waals surface area contributed by atoms with Gasteiger partial charge in [-0.15, -0.1) is 11.8 Å². The molecule has 5 nitrogen and oxygen atoms in total. The SMILES string of the molecule is CCSc1cc(C(=O)NCc2c(C)cc(C)[nH]c2=O)c(C)c(N(CC)C2CCCCC2)c1. The molecular weight excluding hydrogens is 418 g/mol. The third-order valence-corrected chi connectivity index (χ3v) is 7.35. The second kappa shape index (κ2) is 11.1. The van der Waals surface area contributed by atoms with Crippen molar-refractivity contribution in [1.82, 2.24) is 10.3 Å². The zero-order valence-electron chi connectivity index (χ0n) is 20.1. The second-order valence-corrected chi connectivity index (χ2v) is 10.1. The molecule has 1 aromatic heterocycles. The van der Waals surface area contributed by atoms with Gasteiger partial charge < -0.3 is 15.2 Å². The molecule has 0 radical (unpaired) electrons. The third-order valence-electron chi connectivity index (χ3n) is 6.49. The summed E-state index contributed by atoms with van der Waals surface area (Å²) in [7, 11) is 0. The number of hydrogen-bond acceptors (Lipinski definition) is 4. The first-order valence-electron chi connectivity index (χ1n) is 11.9. The molecular formula is C26H37N3O2S. The van der Waals surface area contributed by atoms with Gasteiger partial charge in [0.25, 0.3) is 11.5 Å². The molecule has 32 heavy (non-hydrogen) atoms. The lowest BCUT2D eigenvalue weighted by atomic mass is 9.93. The molecule has 1 aliphatic carbocycles. The van der Waals surface area contributed by atoms with Crippen LogP contribution in [0.5, 0.6) is 0 Å². The number of hydrogen-bond donors (Lipinski definition) is 2. The number of carbonyl (C=O) groups is 1. The predicted molar refractivity (Wildman–Crippen MR) is 135 cm³/mol. The Morgan fingerprint density at radius 2 is 1.84 bits per heavy atom. The third kappa shape index (κ3) is 5.58. The average molecular weight is 456 g/mol. The van der Waals surface area contributed by atoms with E-state index in [2.05, 4.69) is 42.0 Å². The number of nitrogens with one attached hydrogen (secondary N) is 2. The molecule has 1 aromatic carbocycles. The highest BCUT2D eigenvalue weighted by atomic mass is 32.2. The molecule has 6 heteroatoms. The number of nitrogens with zero attached hydrogens (tertiary/aromatic N) is 1. The summed E-state index contributed by atoms with van der Waals surface area (Å²) in [5.41, 5.74) is 5.10. The summed E-state index contributed by atoms with van der Waals surface area (Å²) in [5.74, 6) is 0.832. The van der Waals surface area contributed by atoms with Gasteiger partial charge in [-0.2, -0.15) is 0 Å². The van der Waals surface area contributed by atoms with Crippen LogP contribution >= 0.6 is 11.8 Å². The average Bonchev–Trinajstić information content (AvgIpc) is 2.76. The van der Waals surface area contributed by atoms with Crippen LogP contribution in [0.15, 0.2) is 27.9 Å². The number of aromatic amines is 1. The van der Waals surface area contributed by atoms with Crippen molar-refractivity contribution < 1.29 is 4.79 Å². The van der Waals surface area contributed by atoms with E-state index < -0.39 is 0 Å². The quantitative estimate of drug-likeness (QED) is 0.516. The molecule has 1 saturated carbocycles. The maximum absolute atomic E-state index is 13.3. The van der Waals surface area contributed by atoms with Gasteiger partial charge in [-0.3, -0.25) is 9.59 Å². The van der Waals surface area contributed by atoms with E-state index in [0.29, 0.717) is 17.2 Å². The number of anilines is 1. The van der Waals surface area contributed by atoms with E-state index in [1.54, 1.807) is 11.8 Å². The van der Waals surface area contributed by atoms with Gasteiger partial charge in [-0.1, -0.05) is 26.2 Å². The van der Waals surface area contributed by atoms with Crippen LogP contribution in [0.1, 0.15) is 78.7 Å². The molecule has 0 spiro atoms. The summed E-state index contributed by atoms with van der Waals surface area (Å²) in [6, 6.07) is 6.74. The minimum atomic E-state index is -0.134. The number of H-pyrrole nitrogens is 1. The van der Waals surface area contributed by atoms with Crippen molar-refractivity contribution in [2.75, 3.05) is 17.2 Å². The lowest BCUT2D eigenvalue weighted by Gasteiger charge is -2.37. The van der Waals surface area contributed by atoms with Gasteiger partial charge in [-0.25, -0.2) is 0 Å². The molecule has 1 fully saturated rings. The summed E-state index contributed by atoms with van der Waals surface area (Å²) < 4.78 is 0. The van der Waals surface area contributed by atoms with Crippen LogP contribution in [0.3, 0.4) is 0 Å². The van der Waals surface area contributed by atoms with Crippen molar-refractivity contribution in [1.29, 1.82) is 0 Å². The Hall–Kier alpha value is -2.21. The lowest BCUT2D eigenvalue weighted by molar-refractivity contribution is 0.0950. The molecule has 0 unspecified atom stereocenters. The van der Waals surface area contributed by atoms with E-state index in [-0.39, 0.29) is 18.0 Å². The highest BCUT2D eigenvalue weighted by Gasteiger charge is 2.24. The molecule has 3 rings (SSSR count). The molecule has 0 atom stereocenters. The number of aromatic nitrogens is 1. The summed E-state index contributed by atoms with van der Waals surface area (Å²) in [4.78, 5) is 32.1. The lowest BCUT2D eigenvalue weighted by Crippen LogP contribution is -2.37. The van der Waals surface area contributed by atoms with E-state index in [1.807, 2.05) is 26.0 Å². The molecule has 0 aliphatic heterocycles. The van der Waals surface area contributed by atoms with E-state index in [9.17, 15) is 9.59 Å². The fourth-order valence-electron chi connectivity index (χ4n) is 4.84. The Morgan fingerprint density at radius 3 is 2.47 bits per heavy atom. The van der Waals surface area contributed by atoms with Crippen molar-refractivity contribution in [3.05, 3.63) is 56.5 Å². The first-order valence-corrected chi connectivity index (χ1v) is 12.9. The molecule has 0 saturated heterocycles. The highest BCUT2D eigenvalue weighted by Crippen LogP contribution is 2.34. The van der Waals surface area contributed by atoms with Crippen LogP contribution in [-0.4, -0.2) is 29.2 Å². The first-order chi connectivity index (χ1) is 15.3. The maximum Gasteiger partial charge on any atom is 0.253 e. The van der Waals surface area contributed by atoms with Gasteiger partial charge in [0.2, 0.25) is 0 Å². The van der Waals surface area contributed by atoms with Crippen LogP contribution in [0.2, 0.25) is 0 Å². The van der Waals surface area contributed by atoms with Crippen LogP contribution in [-0.2, 0) is 6.54 Å². The zero-order valence-corrected chi connectivity index (χ0v) is 21.0. The largest absolute Gasteiger partial charge is 0.369 e. The number of thioether (sulfide) groups is 1. The summed E-state index contributed by atoms with van der Waals surface area (Å²) >= 11 is 1.76. The number of carbonyl (C=O) groups excluding carboxylic acids is 1.